The smallest absolute Gasteiger partial charge is 0.347 e. The number of ether oxygens (including phenoxy) is 2. The van der Waals surface area contributed by atoms with Gasteiger partial charge in [-0.2, -0.15) is 0 Å². The van der Waals surface area contributed by atoms with Gasteiger partial charge in [-0.15, -0.1) is 0 Å². The zero-order chi connectivity index (χ0) is 18.0. The summed E-state index contributed by atoms with van der Waals surface area (Å²) in [6.07, 6.45) is 0.278. The highest BCUT2D eigenvalue weighted by Gasteiger charge is 2.37. The normalized spacial score (nSPS) is 24.1. The van der Waals surface area contributed by atoms with E-state index in [1.807, 2.05) is 0 Å². The van der Waals surface area contributed by atoms with Crippen LogP contribution in [0.4, 0.5) is 4.39 Å². The van der Waals surface area contributed by atoms with E-state index in [0.29, 0.717) is 37.9 Å². The van der Waals surface area contributed by atoms with Crippen LogP contribution in [-0.2, 0) is 19.1 Å². The molecule has 0 aromatic heterocycles. The third-order valence-electron chi connectivity index (χ3n) is 4.59. The van der Waals surface area contributed by atoms with Gasteiger partial charge in [-0.05, 0) is 44.0 Å². The lowest BCUT2D eigenvalue weighted by atomic mass is 9.96. The third kappa shape index (κ3) is 3.97. The van der Waals surface area contributed by atoms with Crippen LogP contribution in [0, 0.1) is 11.7 Å². The number of piperidine rings is 1. The first-order valence-electron chi connectivity index (χ1n) is 8.40. The number of amides is 1. The first-order valence-corrected chi connectivity index (χ1v) is 8.40. The Labute approximate surface area is 144 Å². The molecule has 0 bridgehead atoms. The predicted octanol–water partition coefficient (Wildman–Crippen LogP) is 1.93. The van der Waals surface area contributed by atoms with Gasteiger partial charge in [0.25, 0.3) is 5.91 Å². The van der Waals surface area contributed by atoms with Crippen LogP contribution in [0.2, 0.25) is 0 Å². The van der Waals surface area contributed by atoms with Gasteiger partial charge < -0.3 is 14.4 Å². The van der Waals surface area contributed by atoms with Gasteiger partial charge in [0, 0.05) is 25.1 Å². The minimum Gasteiger partial charge on any atom is -0.460 e. The SMILES string of the molecule is CC1CC(OC(=O)C2CCN(C(=O)c3ccc(F)cc3)CC2)C(=O)O1. The van der Waals surface area contributed by atoms with E-state index < -0.39 is 23.9 Å². The molecule has 2 aliphatic rings. The zero-order valence-corrected chi connectivity index (χ0v) is 13.9. The summed E-state index contributed by atoms with van der Waals surface area (Å²) < 4.78 is 23.2. The molecule has 1 amide bonds. The van der Waals surface area contributed by atoms with Crippen molar-refractivity contribution in [1.82, 2.24) is 4.90 Å². The molecule has 0 spiro atoms. The van der Waals surface area contributed by atoms with Gasteiger partial charge in [-0.25, -0.2) is 9.18 Å². The Hall–Kier alpha value is -2.44. The fraction of sp³-hybridized carbons (Fsp3) is 0.500. The molecule has 7 heteroatoms. The molecule has 2 aliphatic heterocycles. The summed E-state index contributed by atoms with van der Waals surface area (Å²) in [6, 6.07) is 5.40. The molecule has 0 radical (unpaired) electrons. The van der Waals surface area contributed by atoms with Crippen LogP contribution in [0.3, 0.4) is 0 Å². The van der Waals surface area contributed by atoms with E-state index >= 15 is 0 Å². The van der Waals surface area contributed by atoms with E-state index in [1.165, 1.54) is 24.3 Å². The number of cyclic esters (lactones) is 1. The molecule has 2 heterocycles. The Bertz CT molecular complexity index is 667. The van der Waals surface area contributed by atoms with Crippen molar-refractivity contribution in [2.75, 3.05) is 13.1 Å². The van der Waals surface area contributed by atoms with Crippen LogP contribution in [-0.4, -0.2) is 48.0 Å². The average molecular weight is 349 g/mol. The summed E-state index contributed by atoms with van der Waals surface area (Å²) in [5, 5.41) is 0. The fourth-order valence-corrected chi connectivity index (χ4v) is 3.15. The van der Waals surface area contributed by atoms with Crippen LogP contribution in [0.15, 0.2) is 24.3 Å². The topological polar surface area (TPSA) is 72.9 Å². The van der Waals surface area contributed by atoms with Crippen molar-refractivity contribution in [3.8, 4) is 0 Å². The van der Waals surface area contributed by atoms with Gasteiger partial charge in [0.05, 0.1) is 5.92 Å². The third-order valence-corrected chi connectivity index (χ3v) is 4.59. The standard InChI is InChI=1S/C18H20FNO5/c1-11-10-15(18(23)24-11)25-17(22)13-6-8-20(9-7-13)16(21)12-2-4-14(19)5-3-12/h2-5,11,13,15H,6-10H2,1H3. The van der Waals surface area contributed by atoms with Crippen molar-refractivity contribution in [1.29, 1.82) is 0 Å². The molecule has 1 aromatic carbocycles. The van der Waals surface area contributed by atoms with Gasteiger partial charge >= 0.3 is 11.9 Å². The van der Waals surface area contributed by atoms with E-state index in [-0.39, 0.29) is 17.9 Å². The van der Waals surface area contributed by atoms with Crippen LogP contribution >= 0.6 is 0 Å². The van der Waals surface area contributed by atoms with E-state index in [1.54, 1.807) is 11.8 Å². The van der Waals surface area contributed by atoms with Crippen molar-refractivity contribution >= 4 is 17.8 Å². The van der Waals surface area contributed by atoms with Crippen LogP contribution in [0.1, 0.15) is 36.5 Å². The number of carbonyl (C=O) groups is 3. The van der Waals surface area contributed by atoms with Gasteiger partial charge in [-0.1, -0.05) is 0 Å². The second-order valence-corrected chi connectivity index (χ2v) is 6.48. The van der Waals surface area contributed by atoms with Gasteiger partial charge in [0.15, 0.2) is 0 Å². The number of esters is 2. The maximum Gasteiger partial charge on any atom is 0.347 e. The second kappa shape index (κ2) is 7.21. The number of benzene rings is 1. The Morgan fingerprint density at radius 3 is 2.40 bits per heavy atom. The highest BCUT2D eigenvalue weighted by molar-refractivity contribution is 5.94. The minimum atomic E-state index is -0.818. The first-order chi connectivity index (χ1) is 11.9. The second-order valence-electron chi connectivity index (χ2n) is 6.48. The van der Waals surface area contributed by atoms with E-state index in [9.17, 15) is 18.8 Å². The molecule has 2 fully saturated rings. The van der Waals surface area contributed by atoms with Crippen LogP contribution in [0.25, 0.3) is 0 Å². The lowest BCUT2D eigenvalue weighted by molar-refractivity contribution is -0.164. The number of hydrogen-bond acceptors (Lipinski definition) is 5. The molecule has 1 aromatic rings. The van der Waals surface area contributed by atoms with Gasteiger partial charge in [0.1, 0.15) is 11.9 Å². The molecule has 134 valence electrons. The molecule has 2 unspecified atom stereocenters. The van der Waals surface area contributed by atoms with E-state index in [4.69, 9.17) is 9.47 Å². The minimum absolute atomic E-state index is 0.181. The highest BCUT2D eigenvalue weighted by Crippen LogP contribution is 2.24. The monoisotopic (exact) mass is 349 g/mol. The van der Waals surface area contributed by atoms with E-state index in [0.717, 1.165) is 0 Å². The fourth-order valence-electron chi connectivity index (χ4n) is 3.15. The number of rotatable bonds is 3. The van der Waals surface area contributed by atoms with Crippen molar-refractivity contribution < 1.29 is 28.2 Å². The summed E-state index contributed by atoms with van der Waals surface area (Å²) in [5.74, 6) is -1.81. The number of likely N-dealkylation sites (tertiary alicyclic amines) is 1. The van der Waals surface area contributed by atoms with Crippen molar-refractivity contribution in [2.24, 2.45) is 5.92 Å². The van der Waals surface area contributed by atoms with Crippen LogP contribution < -0.4 is 0 Å². The number of nitrogens with zero attached hydrogens (tertiary/aromatic N) is 1. The molecular formula is C18H20FNO5. The molecule has 2 atom stereocenters. The largest absolute Gasteiger partial charge is 0.460 e. The summed E-state index contributed by atoms with van der Waals surface area (Å²) in [4.78, 5) is 37.8. The Morgan fingerprint density at radius 1 is 1.20 bits per heavy atom. The Morgan fingerprint density at radius 2 is 1.84 bits per heavy atom. The predicted molar refractivity (Wildman–Crippen MR) is 85.1 cm³/mol. The van der Waals surface area contributed by atoms with Gasteiger partial charge in [0.2, 0.25) is 6.10 Å². The lowest BCUT2D eigenvalue weighted by Crippen LogP contribution is -2.41. The molecule has 0 aliphatic carbocycles. The molecule has 3 rings (SSSR count). The molecule has 0 N–H and O–H groups in total. The Balaban J connectivity index is 1.51. The number of hydrogen-bond donors (Lipinski definition) is 0. The zero-order valence-electron chi connectivity index (χ0n) is 13.9. The van der Waals surface area contributed by atoms with Crippen molar-refractivity contribution in [2.45, 2.75) is 38.4 Å². The van der Waals surface area contributed by atoms with Gasteiger partial charge in [-0.3, -0.25) is 9.59 Å². The van der Waals surface area contributed by atoms with E-state index in [2.05, 4.69) is 0 Å². The first kappa shape index (κ1) is 17.4. The lowest BCUT2D eigenvalue weighted by Gasteiger charge is -2.31. The Kier molecular flexibility index (Phi) is 5.01. The highest BCUT2D eigenvalue weighted by atomic mass is 19.1. The average Bonchev–Trinajstić information content (AvgIpc) is 2.92. The summed E-state index contributed by atoms with van der Waals surface area (Å²) in [6.45, 7) is 2.59. The van der Waals surface area contributed by atoms with Crippen molar-refractivity contribution in [3.05, 3.63) is 35.6 Å². The molecular weight excluding hydrogens is 329 g/mol. The van der Waals surface area contributed by atoms with Crippen LogP contribution in [0.5, 0.6) is 0 Å². The molecule has 25 heavy (non-hydrogen) atoms. The molecule has 6 nitrogen and oxygen atoms in total. The number of carbonyl (C=O) groups excluding carboxylic acids is 3. The molecule has 0 saturated carbocycles. The quantitative estimate of drug-likeness (QED) is 0.780. The summed E-state index contributed by atoms with van der Waals surface area (Å²) in [5.41, 5.74) is 0.421. The maximum atomic E-state index is 12.9. The summed E-state index contributed by atoms with van der Waals surface area (Å²) >= 11 is 0. The number of halogens is 1. The molecule has 2 saturated heterocycles. The maximum absolute atomic E-state index is 12.9. The van der Waals surface area contributed by atoms with Crippen molar-refractivity contribution in [3.63, 3.8) is 0 Å². The summed E-state index contributed by atoms with van der Waals surface area (Å²) in [7, 11) is 0.